The smallest absolute Gasteiger partial charge is 0.259 e. The highest BCUT2D eigenvalue weighted by molar-refractivity contribution is 5.79. The molecule has 0 bridgehead atoms. The second-order valence-electron chi connectivity index (χ2n) is 5.66. The summed E-state index contributed by atoms with van der Waals surface area (Å²) in [5, 5.41) is 4.81. The monoisotopic (exact) mass is 332 g/mol. The number of aromatic amines is 1. The summed E-state index contributed by atoms with van der Waals surface area (Å²) >= 11 is 0. The molecule has 124 valence electrons. The molecule has 2 aromatic heterocycles. The summed E-state index contributed by atoms with van der Waals surface area (Å²) in [5.41, 5.74) is 2.31. The molecule has 1 N–H and O–H groups in total. The number of fused-ring (bicyclic) bond motifs is 1. The number of hydrogen-bond acceptors (Lipinski definition) is 4. The van der Waals surface area contributed by atoms with Crippen molar-refractivity contribution in [1.82, 2.24) is 19.7 Å². The van der Waals surface area contributed by atoms with Crippen LogP contribution in [-0.4, -0.2) is 26.9 Å². The van der Waals surface area contributed by atoms with Gasteiger partial charge in [-0.25, -0.2) is 4.98 Å². The molecule has 6 heteroatoms. The van der Waals surface area contributed by atoms with E-state index in [1.54, 1.807) is 19.4 Å². The van der Waals surface area contributed by atoms with Crippen molar-refractivity contribution in [3.63, 3.8) is 0 Å². The molecule has 0 fully saturated rings. The number of rotatable bonds is 4. The number of hydrogen-bond donors (Lipinski definition) is 1. The van der Waals surface area contributed by atoms with Gasteiger partial charge in [-0.15, -0.1) is 0 Å². The maximum Gasteiger partial charge on any atom is 0.259 e. The van der Waals surface area contributed by atoms with Crippen LogP contribution in [0.2, 0.25) is 0 Å². The molecule has 0 radical (unpaired) electrons. The lowest BCUT2D eigenvalue weighted by molar-refractivity contribution is 0.407. The fourth-order valence-corrected chi connectivity index (χ4v) is 2.84. The summed E-state index contributed by atoms with van der Waals surface area (Å²) < 4.78 is 7.26. The molecule has 4 rings (SSSR count). The van der Waals surface area contributed by atoms with E-state index in [4.69, 9.17) is 4.74 Å². The van der Waals surface area contributed by atoms with Gasteiger partial charge in [0.25, 0.3) is 5.56 Å². The van der Waals surface area contributed by atoms with Crippen molar-refractivity contribution in [2.45, 2.75) is 6.54 Å². The van der Waals surface area contributed by atoms with Crippen molar-refractivity contribution < 1.29 is 4.74 Å². The minimum Gasteiger partial charge on any atom is -0.496 e. The number of ether oxygens (including phenoxy) is 1. The summed E-state index contributed by atoms with van der Waals surface area (Å²) in [6, 6.07) is 14.9. The van der Waals surface area contributed by atoms with E-state index in [-0.39, 0.29) is 5.56 Å². The Morgan fingerprint density at radius 3 is 2.84 bits per heavy atom. The summed E-state index contributed by atoms with van der Waals surface area (Å²) in [6.07, 6.45) is 3.63. The molecule has 4 aromatic rings. The molecule has 0 saturated carbocycles. The van der Waals surface area contributed by atoms with Crippen LogP contribution in [0.4, 0.5) is 0 Å². The standard InChI is InChI=1S/C19H16N4O2/c1-25-17-8-7-13(11-14(17)12-23-10-4-9-20-23)18-21-16-6-3-2-5-15(16)19(24)22-18/h2-11H,12H2,1H3,(H,21,22,24). The van der Waals surface area contributed by atoms with Crippen LogP contribution in [0, 0.1) is 0 Å². The zero-order valence-corrected chi connectivity index (χ0v) is 13.6. The van der Waals surface area contributed by atoms with E-state index in [0.29, 0.717) is 23.3 Å². The van der Waals surface area contributed by atoms with Crippen LogP contribution >= 0.6 is 0 Å². The van der Waals surface area contributed by atoms with Crippen LogP contribution in [0.25, 0.3) is 22.3 Å². The predicted octanol–water partition coefficient (Wildman–Crippen LogP) is 2.84. The average Bonchev–Trinajstić information content (AvgIpc) is 3.15. The van der Waals surface area contributed by atoms with Crippen molar-refractivity contribution in [1.29, 1.82) is 0 Å². The molecular formula is C19H16N4O2. The van der Waals surface area contributed by atoms with Gasteiger partial charge in [-0.1, -0.05) is 12.1 Å². The van der Waals surface area contributed by atoms with Crippen LogP contribution in [-0.2, 0) is 6.54 Å². The van der Waals surface area contributed by atoms with Gasteiger partial charge in [-0.2, -0.15) is 5.10 Å². The summed E-state index contributed by atoms with van der Waals surface area (Å²) in [4.78, 5) is 19.7. The van der Waals surface area contributed by atoms with E-state index in [0.717, 1.165) is 16.9 Å². The minimum absolute atomic E-state index is 0.148. The highest BCUT2D eigenvalue weighted by Crippen LogP contribution is 2.25. The van der Waals surface area contributed by atoms with E-state index in [9.17, 15) is 4.79 Å². The fraction of sp³-hybridized carbons (Fsp3) is 0.105. The average molecular weight is 332 g/mol. The van der Waals surface area contributed by atoms with Crippen LogP contribution in [0.1, 0.15) is 5.56 Å². The molecule has 2 aromatic carbocycles. The lowest BCUT2D eigenvalue weighted by Gasteiger charge is -2.11. The van der Waals surface area contributed by atoms with Crippen molar-refractivity contribution in [3.8, 4) is 17.1 Å². The number of aromatic nitrogens is 4. The molecule has 2 heterocycles. The van der Waals surface area contributed by atoms with Crippen LogP contribution in [0.3, 0.4) is 0 Å². The SMILES string of the molecule is COc1ccc(-c2nc3ccccc3c(=O)[nH]2)cc1Cn1cccn1. The third-order valence-electron chi connectivity index (χ3n) is 4.06. The van der Waals surface area contributed by atoms with Crippen LogP contribution in [0.15, 0.2) is 65.7 Å². The molecule has 0 amide bonds. The highest BCUT2D eigenvalue weighted by atomic mass is 16.5. The Hall–Kier alpha value is -3.41. The van der Waals surface area contributed by atoms with Gasteiger partial charge in [0.1, 0.15) is 11.6 Å². The Kier molecular flexibility index (Phi) is 3.78. The molecule has 0 spiro atoms. The minimum atomic E-state index is -0.148. The molecule has 0 aliphatic rings. The van der Waals surface area contributed by atoms with Gasteiger partial charge in [0.2, 0.25) is 0 Å². The molecule has 0 aliphatic heterocycles. The number of benzene rings is 2. The maximum atomic E-state index is 12.3. The van der Waals surface area contributed by atoms with Crippen molar-refractivity contribution >= 4 is 10.9 Å². The predicted molar refractivity (Wildman–Crippen MR) is 95.7 cm³/mol. The lowest BCUT2D eigenvalue weighted by atomic mass is 10.1. The Balaban J connectivity index is 1.81. The van der Waals surface area contributed by atoms with Crippen molar-refractivity contribution in [2.24, 2.45) is 0 Å². The molecule has 0 saturated heterocycles. The van der Waals surface area contributed by atoms with E-state index in [1.807, 2.05) is 53.3 Å². The third kappa shape index (κ3) is 2.89. The lowest BCUT2D eigenvalue weighted by Crippen LogP contribution is -2.09. The van der Waals surface area contributed by atoms with Crippen LogP contribution in [0.5, 0.6) is 5.75 Å². The van der Waals surface area contributed by atoms with Crippen molar-refractivity contribution in [2.75, 3.05) is 7.11 Å². The summed E-state index contributed by atoms with van der Waals surface area (Å²) in [7, 11) is 1.64. The van der Waals surface area contributed by atoms with E-state index < -0.39 is 0 Å². The fourth-order valence-electron chi connectivity index (χ4n) is 2.84. The van der Waals surface area contributed by atoms with E-state index >= 15 is 0 Å². The summed E-state index contributed by atoms with van der Waals surface area (Å²) in [5.74, 6) is 1.30. The molecular weight excluding hydrogens is 316 g/mol. The third-order valence-corrected chi connectivity index (χ3v) is 4.06. The molecule has 0 aliphatic carbocycles. The first-order valence-electron chi connectivity index (χ1n) is 7.88. The first-order chi connectivity index (χ1) is 12.2. The van der Waals surface area contributed by atoms with Gasteiger partial charge in [0.05, 0.1) is 24.6 Å². The highest BCUT2D eigenvalue weighted by Gasteiger charge is 2.10. The Morgan fingerprint density at radius 2 is 2.04 bits per heavy atom. The number of nitrogens with one attached hydrogen (secondary N) is 1. The van der Waals surface area contributed by atoms with Crippen molar-refractivity contribution in [3.05, 3.63) is 76.8 Å². The second kappa shape index (κ2) is 6.24. The zero-order chi connectivity index (χ0) is 17.2. The van der Waals surface area contributed by atoms with Gasteiger partial charge in [-0.05, 0) is 36.4 Å². The molecule has 0 unspecified atom stereocenters. The van der Waals surface area contributed by atoms with E-state index in [2.05, 4.69) is 15.1 Å². The topological polar surface area (TPSA) is 72.8 Å². The molecule has 25 heavy (non-hydrogen) atoms. The van der Waals surface area contributed by atoms with Crippen LogP contribution < -0.4 is 10.3 Å². The normalized spacial score (nSPS) is 10.9. The largest absolute Gasteiger partial charge is 0.496 e. The number of methoxy groups -OCH3 is 1. The first-order valence-corrected chi connectivity index (χ1v) is 7.88. The molecule has 0 atom stereocenters. The Labute approximate surface area is 143 Å². The first kappa shape index (κ1) is 15.1. The Morgan fingerprint density at radius 1 is 1.16 bits per heavy atom. The zero-order valence-electron chi connectivity index (χ0n) is 13.6. The maximum absolute atomic E-state index is 12.3. The quantitative estimate of drug-likeness (QED) is 0.624. The van der Waals surface area contributed by atoms with Gasteiger partial charge in [0, 0.05) is 23.5 Å². The number of para-hydroxylation sites is 1. The Bertz CT molecular complexity index is 1080. The van der Waals surface area contributed by atoms with Gasteiger partial charge >= 0.3 is 0 Å². The molecule has 6 nitrogen and oxygen atoms in total. The number of nitrogens with zero attached hydrogens (tertiary/aromatic N) is 3. The second-order valence-corrected chi connectivity index (χ2v) is 5.66. The van der Waals surface area contributed by atoms with Gasteiger partial charge in [0.15, 0.2) is 0 Å². The van der Waals surface area contributed by atoms with Gasteiger partial charge < -0.3 is 9.72 Å². The number of H-pyrrole nitrogens is 1. The van der Waals surface area contributed by atoms with E-state index in [1.165, 1.54) is 0 Å². The summed E-state index contributed by atoms with van der Waals surface area (Å²) in [6.45, 7) is 0.571. The van der Waals surface area contributed by atoms with Gasteiger partial charge in [-0.3, -0.25) is 9.48 Å².